The van der Waals surface area contributed by atoms with Crippen molar-refractivity contribution in [2.75, 3.05) is 0 Å². The SMILES string of the molecule is CCCc1nc2cc(Br)cnc2n1CC#N. The summed E-state index contributed by atoms with van der Waals surface area (Å²) in [6.07, 6.45) is 3.61. The van der Waals surface area contributed by atoms with Crippen LogP contribution in [0.15, 0.2) is 16.7 Å². The summed E-state index contributed by atoms with van der Waals surface area (Å²) in [5.41, 5.74) is 1.63. The lowest BCUT2D eigenvalue weighted by Gasteiger charge is -2.01. The molecule has 2 aromatic heterocycles. The summed E-state index contributed by atoms with van der Waals surface area (Å²) in [5.74, 6) is 0.935. The normalized spacial score (nSPS) is 10.6. The minimum Gasteiger partial charge on any atom is -0.299 e. The maximum atomic E-state index is 8.81. The van der Waals surface area contributed by atoms with Crippen LogP contribution in [0.2, 0.25) is 0 Å². The number of pyridine rings is 1. The fraction of sp³-hybridized carbons (Fsp3) is 0.364. The van der Waals surface area contributed by atoms with Gasteiger partial charge < -0.3 is 0 Å². The van der Waals surface area contributed by atoms with Gasteiger partial charge >= 0.3 is 0 Å². The highest BCUT2D eigenvalue weighted by atomic mass is 79.9. The van der Waals surface area contributed by atoms with E-state index < -0.39 is 0 Å². The van der Waals surface area contributed by atoms with Crippen molar-refractivity contribution in [3.05, 3.63) is 22.6 Å². The van der Waals surface area contributed by atoms with Crippen LogP contribution in [0.4, 0.5) is 0 Å². The van der Waals surface area contributed by atoms with Crippen LogP contribution >= 0.6 is 15.9 Å². The van der Waals surface area contributed by atoms with E-state index in [9.17, 15) is 0 Å². The van der Waals surface area contributed by atoms with Crippen LogP contribution in [0.25, 0.3) is 11.2 Å². The average Bonchev–Trinajstić information content (AvgIpc) is 2.57. The Bertz CT molecular complexity index is 553. The summed E-state index contributed by atoms with van der Waals surface area (Å²) in [7, 11) is 0. The molecule has 5 heteroatoms. The Morgan fingerprint density at radius 3 is 3.06 bits per heavy atom. The summed E-state index contributed by atoms with van der Waals surface area (Å²) < 4.78 is 2.79. The Hall–Kier alpha value is -1.41. The second-order valence-corrected chi connectivity index (χ2v) is 4.43. The minimum atomic E-state index is 0.306. The van der Waals surface area contributed by atoms with Crippen molar-refractivity contribution >= 4 is 27.1 Å². The molecule has 0 radical (unpaired) electrons. The van der Waals surface area contributed by atoms with Crippen molar-refractivity contribution in [2.45, 2.75) is 26.3 Å². The Morgan fingerprint density at radius 1 is 1.56 bits per heavy atom. The van der Waals surface area contributed by atoms with Crippen molar-refractivity contribution in [1.29, 1.82) is 5.26 Å². The van der Waals surface area contributed by atoms with E-state index in [1.165, 1.54) is 0 Å². The molecule has 0 amide bonds. The van der Waals surface area contributed by atoms with Crippen LogP contribution in [0.3, 0.4) is 0 Å². The molecule has 16 heavy (non-hydrogen) atoms. The molecule has 0 spiro atoms. The van der Waals surface area contributed by atoms with Gasteiger partial charge in [0.1, 0.15) is 17.9 Å². The van der Waals surface area contributed by atoms with E-state index in [0.29, 0.717) is 6.54 Å². The quantitative estimate of drug-likeness (QED) is 0.867. The number of hydrogen-bond donors (Lipinski definition) is 0. The van der Waals surface area contributed by atoms with Crippen LogP contribution in [-0.4, -0.2) is 14.5 Å². The molecule has 2 rings (SSSR count). The second kappa shape index (κ2) is 4.62. The third-order valence-corrected chi connectivity index (χ3v) is 2.77. The molecule has 0 unspecified atom stereocenters. The smallest absolute Gasteiger partial charge is 0.161 e. The first-order chi connectivity index (χ1) is 7.76. The molecular formula is C11H11BrN4. The zero-order chi connectivity index (χ0) is 11.5. The number of hydrogen-bond acceptors (Lipinski definition) is 3. The largest absolute Gasteiger partial charge is 0.299 e. The van der Waals surface area contributed by atoms with Gasteiger partial charge in [-0.2, -0.15) is 5.26 Å². The first-order valence-corrected chi connectivity index (χ1v) is 5.93. The standard InChI is InChI=1S/C11H11BrN4/c1-2-3-10-15-9-6-8(12)7-14-11(9)16(10)5-4-13/h6-7H,2-3,5H2,1H3. The molecule has 0 fully saturated rings. The molecule has 0 bridgehead atoms. The molecule has 0 aliphatic heterocycles. The second-order valence-electron chi connectivity index (χ2n) is 3.52. The molecule has 2 heterocycles. The summed E-state index contributed by atoms with van der Waals surface area (Å²) >= 11 is 3.37. The minimum absolute atomic E-state index is 0.306. The summed E-state index contributed by atoms with van der Waals surface area (Å²) in [6.45, 7) is 2.40. The average molecular weight is 279 g/mol. The van der Waals surface area contributed by atoms with Gasteiger partial charge in [-0.1, -0.05) is 6.92 Å². The Labute approximate surface area is 102 Å². The molecule has 0 saturated heterocycles. The first-order valence-electron chi connectivity index (χ1n) is 5.14. The fourth-order valence-corrected chi connectivity index (χ4v) is 2.00. The van der Waals surface area contributed by atoms with Gasteiger partial charge in [0.15, 0.2) is 5.65 Å². The molecule has 82 valence electrons. The lowest BCUT2D eigenvalue weighted by atomic mass is 10.3. The van der Waals surface area contributed by atoms with Gasteiger partial charge in [0.05, 0.1) is 6.07 Å². The highest BCUT2D eigenvalue weighted by Gasteiger charge is 2.10. The first kappa shape index (κ1) is 11.1. The van der Waals surface area contributed by atoms with E-state index in [1.54, 1.807) is 6.20 Å². The number of imidazole rings is 1. The lowest BCUT2D eigenvalue weighted by molar-refractivity contribution is 0.733. The number of rotatable bonds is 3. The summed E-state index contributed by atoms with van der Waals surface area (Å²) in [5, 5.41) is 8.81. The van der Waals surface area contributed by atoms with Crippen LogP contribution in [-0.2, 0) is 13.0 Å². The Morgan fingerprint density at radius 2 is 2.38 bits per heavy atom. The van der Waals surface area contributed by atoms with Gasteiger partial charge in [0.2, 0.25) is 0 Å². The van der Waals surface area contributed by atoms with E-state index in [2.05, 4.69) is 38.9 Å². The summed E-state index contributed by atoms with van der Waals surface area (Å²) in [4.78, 5) is 8.81. The highest BCUT2D eigenvalue weighted by molar-refractivity contribution is 9.10. The summed E-state index contributed by atoms with van der Waals surface area (Å²) in [6, 6.07) is 4.07. The van der Waals surface area contributed by atoms with Crippen LogP contribution in [0.5, 0.6) is 0 Å². The molecule has 2 aromatic rings. The fourth-order valence-electron chi connectivity index (χ4n) is 1.68. The zero-order valence-corrected chi connectivity index (χ0v) is 10.5. The predicted octanol–water partition coefficient (Wildman–Crippen LogP) is 2.67. The predicted molar refractivity (Wildman–Crippen MR) is 64.8 cm³/mol. The van der Waals surface area contributed by atoms with Crippen molar-refractivity contribution < 1.29 is 0 Å². The van der Waals surface area contributed by atoms with Gasteiger partial charge in [-0.05, 0) is 28.4 Å². The van der Waals surface area contributed by atoms with Crippen LogP contribution in [0.1, 0.15) is 19.2 Å². The maximum Gasteiger partial charge on any atom is 0.161 e. The highest BCUT2D eigenvalue weighted by Crippen LogP contribution is 2.19. The van der Waals surface area contributed by atoms with Crippen molar-refractivity contribution in [1.82, 2.24) is 14.5 Å². The molecule has 0 aliphatic carbocycles. The van der Waals surface area contributed by atoms with Crippen molar-refractivity contribution in [3.8, 4) is 6.07 Å². The van der Waals surface area contributed by atoms with Gasteiger partial charge in [-0.15, -0.1) is 0 Å². The number of nitriles is 1. The zero-order valence-electron chi connectivity index (χ0n) is 8.94. The van der Waals surface area contributed by atoms with E-state index in [4.69, 9.17) is 5.26 Å². The van der Waals surface area contributed by atoms with Crippen molar-refractivity contribution in [2.24, 2.45) is 0 Å². The number of aromatic nitrogens is 3. The van der Waals surface area contributed by atoms with Gasteiger partial charge in [0.25, 0.3) is 0 Å². The third kappa shape index (κ3) is 1.93. The van der Waals surface area contributed by atoms with Gasteiger partial charge in [-0.3, -0.25) is 4.57 Å². The van der Waals surface area contributed by atoms with E-state index >= 15 is 0 Å². The molecule has 0 saturated carbocycles. The van der Waals surface area contributed by atoms with E-state index in [-0.39, 0.29) is 0 Å². The number of aryl methyl sites for hydroxylation is 1. The van der Waals surface area contributed by atoms with Crippen molar-refractivity contribution in [3.63, 3.8) is 0 Å². The Balaban J connectivity index is 2.61. The molecule has 0 aliphatic rings. The van der Waals surface area contributed by atoms with Crippen LogP contribution < -0.4 is 0 Å². The number of nitrogens with zero attached hydrogens (tertiary/aromatic N) is 4. The van der Waals surface area contributed by atoms with E-state index in [1.807, 2.05) is 10.6 Å². The maximum absolute atomic E-state index is 8.81. The molecular weight excluding hydrogens is 268 g/mol. The number of fused-ring (bicyclic) bond motifs is 1. The third-order valence-electron chi connectivity index (χ3n) is 2.33. The van der Waals surface area contributed by atoms with Gasteiger partial charge in [-0.25, -0.2) is 9.97 Å². The molecule has 0 aromatic carbocycles. The van der Waals surface area contributed by atoms with E-state index in [0.717, 1.165) is 34.3 Å². The molecule has 0 N–H and O–H groups in total. The topological polar surface area (TPSA) is 54.5 Å². The monoisotopic (exact) mass is 278 g/mol. The molecule has 4 nitrogen and oxygen atoms in total. The molecule has 0 atom stereocenters. The number of halogens is 1. The lowest BCUT2D eigenvalue weighted by Crippen LogP contribution is -2.03. The van der Waals surface area contributed by atoms with Crippen LogP contribution in [0, 0.1) is 11.3 Å². The van der Waals surface area contributed by atoms with Gasteiger partial charge in [0, 0.05) is 17.1 Å². The Kier molecular flexibility index (Phi) is 3.20.